The molecule has 0 bridgehead atoms. The molecule has 7 nitrogen and oxygen atoms in total. The highest BCUT2D eigenvalue weighted by atomic mass is 127. The van der Waals surface area contributed by atoms with Crippen LogP contribution in [0, 0.1) is 0 Å². The number of carbonyl (C=O) groups is 1. The first-order valence-electron chi connectivity index (χ1n) is 10.8. The molecule has 2 aromatic carbocycles. The number of nitrogens with one attached hydrogen (secondary N) is 1. The van der Waals surface area contributed by atoms with Gasteiger partial charge in [-0.3, -0.25) is 9.79 Å². The van der Waals surface area contributed by atoms with Crippen LogP contribution in [-0.2, 0) is 11.3 Å². The average molecular weight is 551 g/mol. The van der Waals surface area contributed by atoms with Crippen LogP contribution in [0.5, 0.6) is 5.75 Å². The Hall–Kier alpha value is -2.49. The first-order chi connectivity index (χ1) is 15.1. The molecule has 32 heavy (non-hydrogen) atoms. The van der Waals surface area contributed by atoms with Crippen molar-refractivity contribution < 1.29 is 9.53 Å². The second kappa shape index (κ2) is 13.1. The Bertz CT molecular complexity index is 852. The molecule has 0 saturated carbocycles. The van der Waals surface area contributed by atoms with E-state index < -0.39 is 0 Å². The second-order valence-corrected chi connectivity index (χ2v) is 7.47. The molecule has 0 spiro atoms. The Kier molecular flexibility index (Phi) is 10.6. The van der Waals surface area contributed by atoms with Crippen LogP contribution < -0.4 is 15.0 Å². The third-order valence-corrected chi connectivity index (χ3v) is 5.58. The highest BCUT2D eigenvalue weighted by Gasteiger charge is 2.21. The number of hydrogen-bond donors (Lipinski definition) is 1. The number of rotatable bonds is 7. The maximum Gasteiger partial charge on any atom is 0.242 e. The molecule has 0 radical (unpaired) electrons. The molecule has 0 atom stereocenters. The Morgan fingerprint density at radius 2 is 1.72 bits per heavy atom. The van der Waals surface area contributed by atoms with Crippen LogP contribution in [0.4, 0.5) is 5.69 Å². The summed E-state index contributed by atoms with van der Waals surface area (Å²) in [6.07, 6.45) is 0. The van der Waals surface area contributed by atoms with E-state index in [1.54, 1.807) is 14.2 Å². The maximum atomic E-state index is 12.7. The fourth-order valence-corrected chi connectivity index (χ4v) is 3.75. The van der Waals surface area contributed by atoms with Crippen molar-refractivity contribution in [3.8, 4) is 5.75 Å². The first-order valence-corrected chi connectivity index (χ1v) is 10.8. The van der Waals surface area contributed by atoms with Crippen LogP contribution in [-0.4, -0.2) is 75.1 Å². The normalized spacial score (nSPS) is 13.9. The minimum atomic E-state index is 0. The monoisotopic (exact) mass is 551 g/mol. The van der Waals surface area contributed by atoms with E-state index in [1.807, 2.05) is 54.3 Å². The van der Waals surface area contributed by atoms with E-state index in [0.717, 1.165) is 43.5 Å². The van der Waals surface area contributed by atoms with Gasteiger partial charge in [-0.25, -0.2) is 0 Å². The van der Waals surface area contributed by atoms with Crippen LogP contribution in [0.3, 0.4) is 0 Å². The third-order valence-electron chi connectivity index (χ3n) is 5.58. The van der Waals surface area contributed by atoms with E-state index in [0.29, 0.717) is 13.1 Å². The second-order valence-electron chi connectivity index (χ2n) is 7.47. The zero-order valence-electron chi connectivity index (χ0n) is 19.2. The lowest BCUT2D eigenvalue weighted by Crippen LogP contribution is -2.54. The number of guanidine groups is 1. The number of likely N-dealkylation sites (N-methyl/N-ethyl adjacent to an activating group) is 1. The molecule has 174 valence electrons. The number of methoxy groups -OCH3 is 1. The minimum absolute atomic E-state index is 0. The molecule has 1 aliphatic heterocycles. The smallest absolute Gasteiger partial charge is 0.242 e. The van der Waals surface area contributed by atoms with Crippen molar-refractivity contribution in [3.05, 3.63) is 60.2 Å². The van der Waals surface area contributed by atoms with Gasteiger partial charge in [-0.15, -0.1) is 24.0 Å². The van der Waals surface area contributed by atoms with Crippen molar-refractivity contribution in [2.45, 2.75) is 13.5 Å². The number of ether oxygens (including phenoxy) is 1. The molecule has 1 N–H and O–H groups in total. The van der Waals surface area contributed by atoms with Gasteiger partial charge in [0.15, 0.2) is 5.96 Å². The highest BCUT2D eigenvalue weighted by molar-refractivity contribution is 14.0. The molecule has 1 heterocycles. The number of aliphatic imine (C=N–C) groups is 1. The molecule has 1 fully saturated rings. The summed E-state index contributed by atoms with van der Waals surface area (Å²) in [5, 5.41) is 3.26. The van der Waals surface area contributed by atoms with Gasteiger partial charge in [-0.2, -0.15) is 0 Å². The largest absolute Gasteiger partial charge is 0.497 e. The van der Waals surface area contributed by atoms with Crippen molar-refractivity contribution >= 4 is 41.5 Å². The molecule has 1 amide bonds. The van der Waals surface area contributed by atoms with Crippen molar-refractivity contribution in [2.75, 3.05) is 58.3 Å². The summed E-state index contributed by atoms with van der Waals surface area (Å²) in [5.41, 5.74) is 2.33. The lowest BCUT2D eigenvalue weighted by Gasteiger charge is -2.37. The molecular weight excluding hydrogens is 517 g/mol. The fourth-order valence-electron chi connectivity index (χ4n) is 3.75. The van der Waals surface area contributed by atoms with E-state index in [2.05, 4.69) is 32.2 Å². The van der Waals surface area contributed by atoms with Crippen molar-refractivity contribution in [1.82, 2.24) is 15.1 Å². The lowest BCUT2D eigenvalue weighted by molar-refractivity contribution is -0.130. The van der Waals surface area contributed by atoms with Crippen LogP contribution in [0.2, 0.25) is 0 Å². The number of hydrogen-bond acceptors (Lipinski definition) is 4. The Morgan fingerprint density at radius 1 is 1.06 bits per heavy atom. The predicted octanol–water partition coefficient (Wildman–Crippen LogP) is 3.06. The molecule has 0 aromatic heterocycles. The topological polar surface area (TPSA) is 60.4 Å². The van der Waals surface area contributed by atoms with Gasteiger partial charge in [0.2, 0.25) is 5.91 Å². The maximum absolute atomic E-state index is 12.7. The van der Waals surface area contributed by atoms with Gasteiger partial charge in [-0.1, -0.05) is 30.3 Å². The van der Waals surface area contributed by atoms with Gasteiger partial charge in [0, 0.05) is 52.0 Å². The summed E-state index contributed by atoms with van der Waals surface area (Å²) >= 11 is 0. The Morgan fingerprint density at radius 3 is 2.28 bits per heavy atom. The molecular formula is C24H34IN5O2. The Balaban J connectivity index is 0.00000363. The van der Waals surface area contributed by atoms with Gasteiger partial charge in [0.1, 0.15) is 5.75 Å². The van der Waals surface area contributed by atoms with Crippen LogP contribution in [0.15, 0.2) is 59.6 Å². The van der Waals surface area contributed by atoms with E-state index >= 15 is 0 Å². The number of carbonyl (C=O) groups excluding carboxylic acids is 1. The molecule has 8 heteroatoms. The van der Waals surface area contributed by atoms with E-state index in [1.165, 1.54) is 5.69 Å². The summed E-state index contributed by atoms with van der Waals surface area (Å²) in [4.78, 5) is 23.6. The average Bonchev–Trinajstić information content (AvgIpc) is 2.84. The summed E-state index contributed by atoms with van der Waals surface area (Å²) in [5.74, 6) is 1.72. The Labute approximate surface area is 208 Å². The number of benzene rings is 2. The predicted molar refractivity (Wildman–Crippen MR) is 141 cm³/mol. The van der Waals surface area contributed by atoms with E-state index in [4.69, 9.17) is 4.74 Å². The van der Waals surface area contributed by atoms with Gasteiger partial charge in [0.05, 0.1) is 13.7 Å². The number of piperazine rings is 1. The van der Waals surface area contributed by atoms with Crippen LogP contribution >= 0.6 is 24.0 Å². The minimum Gasteiger partial charge on any atom is -0.497 e. The number of amides is 1. The molecule has 0 unspecified atom stereocenters. The lowest BCUT2D eigenvalue weighted by atomic mass is 10.2. The van der Waals surface area contributed by atoms with E-state index in [-0.39, 0.29) is 36.4 Å². The quantitative estimate of drug-likeness (QED) is 0.326. The summed E-state index contributed by atoms with van der Waals surface area (Å²) in [6, 6.07) is 18.2. The third kappa shape index (κ3) is 7.01. The standard InChI is InChI=1S/C24H33N5O2.HI/c1-4-27(19-20-8-6-5-7-9-20)23(30)18-26-24(25-2)29-16-14-28(15-17-29)21-10-12-22(31-3)13-11-21;/h5-13H,4,14-19H2,1-3H3,(H,25,26);1H. The molecule has 2 aromatic rings. The van der Waals surface area contributed by atoms with Gasteiger partial charge in [0.25, 0.3) is 0 Å². The number of nitrogens with zero attached hydrogens (tertiary/aromatic N) is 4. The first kappa shape index (κ1) is 25.8. The van der Waals surface area contributed by atoms with Crippen molar-refractivity contribution in [2.24, 2.45) is 4.99 Å². The summed E-state index contributed by atoms with van der Waals surface area (Å²) < 4.78 is 5.24. The van der Waals surface area contributed by atoms with Gasteiger partial charge >= 0.3 is 0 Å². The zero-order valence-corrected chi connectivity index (χ0v) is 21.5. The van der Waals surface area contributed by atoms with Crippen LogP contribution in [0.1, 0.15) is 12.5 Å². The molecule has 1 saturated heterocycles. The van der Waals surface area contributed by atoms with Gasteiger partial charge in [-0.05, 0) is 36.8 Å². The van der Waals surface area contributed by atoms with Gasteiger partial charge < -0.3 is 24.8 Å². The number of halogens is 1. The summed E-state index contributed by atoms with van der Waals surface area (Å²) in [6.45, 7) is 7.04. The van der Waals surface area contributed by atoms with E-state index in [9.17, 15) is 4.79 Å². The van der Waals surface area contributed by atoms with Crippen molar-refractivity contribution in [3.63, 3.8) is 0 Å². The number of anilines is 1. The molecule has 0 aliphatic carbocycles. The summed E-state index contributed by atoms with van der Waals surface area (Å²) in [7, 11) is 3.45. The molecule has 3 rings (SSSR count). The fraction of sp³-hybridized carbons (Fsp3) is 0.417. The molecule has 1 aliphatic rings. The SMILES string of the molecule is CCN(Cc1ccccc1)C(=O)CNC(=NC)N1CCN(c2ccc(OC)cc2)CC1.I. The van der Waals surface area contributed by atoms with Crippen molar-refractivity contribution in [1.29, 1.82) is 0 Å². The highest BCUT2D eigenvalue weighted by Crippen LogP contribution is 2.20. The van der Waals surface area contributed by atoms with Crippen LogP contribution in [0.25, 0.3) is 0 Å². The zero-order chi connectivity index (χ0) is 22.1.